The van der Waals surface area contributed by atoms with E-state index in [1.807, 2.05) is 24.4 Å². The van der Waals surface area contributed by atoms with Crippen LogP contribution in [-0.4, -0.2) is 15.4 Å². The number of rotatable bonds is 6. The minimum absolute atomic E-state index is 0.661. The average molecular weight is 263 g/mol. The summed E-state index contributed by atoms with van der Waals surface area (Å²) in [6.07, 6.45) is 6.14. The molecule has 2 rings (SSSR count). The molecule has 1 unspecified atom stereocenters. The zero-order chi connectivity index (χ0) is 12.8. The number of nitrogens with zero attached hydrogens (tertiary/aromatic N) is 2. The third-order valence-corrected chi connectivity index (χ3v) is 3.43. The van der Waals surface area contributed by atoms with Crippen molar-refractivity contribution in [3.63, 3.8) is 0 Å². The average Bonchev–Trinajstić information content (AvgIpc) is 2.86. The first-order valence-corrected chi connectivity index (χ1v) is 6.97. The highest BCUT2D eigenvalue weighted by Crippen LogP contribution is 2.18. The Kier molecular flexibility index (Phi) is 4.82. The van der Waals surface area contributed by atoms with Crippen molar-refractivity contribution in [2.24, 2.45) is 5.92 Å². The first kappa shape index (κ1) is 13.2. The molecule has 0 aliphatic heterocycles. The van der Waals surface area contributed by atoms with Crippen molar-refractivity contribution in [2.45, 2.75) is 26.3 Å². The van der Waals surface area contributed by atoms with E-state index in [0.717, 1.165) is 31.1 Å². The molecule has 0 aliphatic carbocycles. The Labute approximate surface area is 114 Å². The molecule has 1 aromatic heterocycles. The van der Waals surface area contributed by atoms with Gasteiger partial charge in [0.15, 0.2) is 0 Å². The van der Waals surface area contributed by atoms with Gasteiger partial charge in [0.2, 0.25) is 0 Å². The number of hydrogen-bond acceptors (Lipinski definition) is 1. The molecule has 0 saturated heterocycles. The van der Waals surface area contributed by atoms with Gasteiger partial charge in [0.25, 0.3) is 0 Å². The molecule has 96 valence electrons. The van der Waals surface area contributed by atoms with Crippen LogP contribution in [0.25, 0.3) is 11.4 Å². The van der Waals surface area contributed by atoms with Crippen LogP contribution in [0.1, 0.15) is 19.8 Å². The monoisotopic (exact) mass is 262 g/mol. The summed E-state index contributed by atoms with van der Waals surface area (Å²) in [7, 11) is 0. The number of halogens is 1. The van der Waals surface area contributed by atoms with Crippen LogP contribution < -0.4 is 0 Å². The molecule has 0 aliphatic rings. The Hall–Kier alpha value is -1.28. The number of alkyl halides is 1. The summed E-state index contributed by atoms with van der Waals surface area (Å²) in [5, 5.41) is 0. The van der Waals surface area contributed by atoms with Gasteiger partial charge in [0, 0.05) is 30.4 Å². The van der Waals surface area contributed by atoms with Gasteiger partial charge >= 0.3 is 0 Å². The van der Waals surface area contributed by atoms with Gasteiger partial charge in [0.1, 0.15) is 5.82 Å². The van der Waals surface area contributed by atoms with E-state index < -0.39 is 0 Å². The van der Waals surface area contributed by atoms with Crippen LogP contribution in [-0.2, 0) is 6.54 Å². The van der Waals surface area contributed by atoms with Crippen LogP contribution in [0.3, 0.4) is 0 Å². The summed E-state index contributed by atoms with van der Waals surface area (Å²) >= 11 is 5.77. The van der Waals surface area contributed by atoms with E-state index >= 15 is 0 Å². The van der Waals surface area contributed by atoms with E-state index in [0.29, 0.717) is 5.92 Å². The fraction of sp³-hybridized carbons (Fsp3) is 0.400. The lowest BCUT2D eigenvalue weighted by molar-refractivity contribution is 0.472. The zero-order valence-electron chi connectivity index (χ0n) is 10.7. The van der Waals surface area contributed by atoms with Crippen LogP contribution >= 0.6 is 11.6 Å². The highest BCUT2D eigenvalue weighted by atomic mass is 35.5. The molecular formula is C15H19ClN2. The molecule has 0 amide bonds. The van der Waals surface area contributed by atoms with Gasteiger partial charge in [-0.25, -0.2) is 4.98 Å². The smallest absolute Gasteiger partial charge is 0.139 e. The van der Waals surface area contributed by atoms with Gasteiger partial charge in [-0.2, -0.15) is 0 Å². The molecule has 2 nitrogen and oxygen atoms in total. The molecule has 3 heteroatoms. The van der Waals surface area contributed by atoms with Crippen molar-refractivity contribution in [3.8, 4) is 11.4 Å². The summed E-state index contributed by atoms with van der Waals surface area (Å²) in [6.45, 7) is 3.25. The summed E-state index contributed by atoms with van der Waals surface area (Å²) in [5.41, 5.74) is 1.17. The largest absolute Gasteiger partial charge is 0.331 e. The first-order chi connectivity index (χ1) is 8.81. The van der Waals surface area contributed by atoms with E-state index in [9.17, 15) is 0 Å². The maximum absolute atomic E-state index is 5.77. The van der Waals surface area contributed by atoms with E-state index in [-0.39, 0.29) is 0 Å². The summed E-state index contributed by atoms with van der Waals surface area (Å²) in [6, 6.07) is 10.3. The molecule has 18 heavy (non-hydrogen) atoms. The SMILES string of the molecule is CC(CCCl)CCn1ccnc1-c1ccccc1. The van der Waals surface area contributed by atoms with Gasteiger partial charge in [-0.3, -0.25) is 0 Å². The Bertz CT molecular complexity index is 464. The van der Waals surface area contributed by atoms with Crippen molar-refractivity contribution < 1.29 is 0 Å². The van der Waals surface area contributed by atoms with E-state index in [1.54, 1.807) is 0 Å². The standard InChI is InChI=1S/C15H19ClN2/c1-13(7-9-16)8-11-18-12-10-17-15(18)14-5-3-2-4-6-14/h2-6,10,12-13H,7-9,11H2,1H3. The maximum atomic E-state index is 5.77. The highest BCUT2D eigenvalue weighted by molar-refractivity contribution is 6.17. The molecule has 0 bridgehead atoms. The van der Waals surface area contributed by atoms with Crippen LogP contribution in [0.15, 0.2) is 42.7 Å². The quantitative estimate of drug-likeness (QED) is 0.714. The third kappa shape index (κ3) is 3.36. The van der Waals surface area contributed by atoms with E-state index in [4.69, 9.17) is 11.6 Å². The molecule has 1 atom stereocenters. The van der Waals surface area contributed by atoms with Crippen molar-refractivity contribution in [3.05, 3.63) is 42.7 Å². The Balaban J connectivity index is 2.05. The van der Waals surface area contributed by atoms with Crippen molar-refractivity contribution in [2.75, 3.05) is 5.88 Å². The van der Waals surface area contributed by atoms with Gasteiger partial charge in [-0.15, -0.1) is 11.6 Å². The maximum Gasteiger partial charge on any atom is 0.139 e. The van der Waals surface area contributed by atoms with E-state index in [2.05, 4.69) is 34.8 Å². The predicted molar refractivity (Wildman–Crippen MR) is 76.8 cm³/mol. The second kappa shape index (κ2) is 6.60. The number of aryl methyl sites for hydroxylation is 1. The van der Waals surface area contributed by atoms with Gasteiger partial charge < -0.3 is 4.57 Å². The molecule has 0 spiro atoms. The van der Waals surface area contributed by atoms with Crippen molar-refractivity contribution in [1.29, 1.82) is 0 Å². The van der Waals surface area contributed by atoms with Gasteiger partial charge in [0.05, 0.1) is 0 Å². The van der Waals surface area contributed by atoms with Crippen LogP contribution in [0, 0.1) is 5.92 Å². The molecule has 0 fully saturated rings. The summed E-state index contributed by atoms with van der Waals surface area (Å²) in [5.74, 6) is 2.46. The Morgan fingerprint density at radius 3 is 2.72 bits per heavy atom. The number of hydrogen-bond donors (Lipinski definition) is 0. The fourth-order valence-electron chi connectivity index (χ4n) is 2.03. The topological polar surface area (TPSA) is 17.8 Å². The lowest BCUT2D eigenvalue weighted by atomic mass is 10.1. The predicted octanol–water partition coefficient (Wildman–Crippen LogP) is 4.21. The first-order valence-electron chi connectivity index (χ1n) is 6.43. The second-order valence-electron chi connectivity index (χ2n) is 4.68. The summed E-state index contributed by atoms with van der Waals surface area (Å²) in [4.78, 5) is 4.45. The lowest BCUT2D eigenvalue weighted by Gasteiger charge is -2.12. The number of aromatic nitrogens is 2. The second-order valence-corrected chi connectivity index (χ2v) is 5.06. The lowest BCUT2D eigenvalue weighted by Crippen LogP contribution is -2.05. The third-order valence-electron chi connectivity index (χ3n) is 3.21. The minimum Gasteiger partial charge on any atom is -0.331 e. The molecule has 0 radical (unpaired) electrons. The Morgan fingerprint density at radius 2 is 2.00 bits per heavy atom. The van der Waals surface area contributed by atoms with E-state index in [1.165, 1.54) is 5.56 Å². The number of benzene rings is 1. The molecular weight excluding hydrogens is 244 g/mol. The molecule has 0 saturated carbocycles. The van der Waals surface area contributed by atoms with Gasteiger partial charge in [-0.1, -0.05) is 37.3 Å². The molecule has 2 aromatic rings. The summed E-state index contributed by atoms with van der Waals surface area (Å²) < 4.78 is 2.22. The normalized spacial score (nSPS) is 12.6. The van der Waals surface area contributed by atoms with Crippen molar-refractivity contribution in [1.82, 2.24) is 9.55 Å². The minimum atomic E-state index is 0.661. The number of imidazole rings is 1. The van der Waals surface area contributed by atoms with Crippen LogP contribution in [0.4, 0.5) is 0 Å². The van der Waals surface area contributed by atoms with Crippen molar-refractivity contribution >= 4 is 11.6 Å². The van der Waals surface area contributed by atoms with Crippen LogP contribution in [0.2, 0.25) is 0 Å². The van der Waals surface area contributed by atoms with Gasteiger partial charge in [-0.05, 0) is 18.8 Å². The fourth-order valence-corrected chi connectivity index (χ4v) is 2.40. The highest BCUT2D eigenvalue weighted by Gasteiger charge is 2.07. The molecule has 0 N–H and O–H groups in total. The Morgan fingerprint density at radius 1 is 1.22 bits per heavy atom. The zero-order valence-corrected chi connectivity index (χ0v) is 11.5. The molecule has 1 aromatic carbocycles. The van der Waals surface area contributed by atoms with Crippen LogP contribution in [0.5, 0.6) is 0 Å². The molecule has 1 heterocycles.